The van der Waals surface area contributed by atoms with Crippen molar-refractivity contribution in [3.05, 3.63) is 103 Å². The first-order valence-corrected chi connectivity index (χ1v) is 14.2. The van der Waals surface area contributed by atoms with Crippen LogP contribution in [0.2, 0.25) is 0 Å². The van der Waals surface area contributed by atoms with Crippen molar-refractivity contribution in [1.82, 2.24) is 9.55 Å². The molecular weight excluding hydrogens is 492 g/mol. The highest BCUT2D eigenvalue weighted by Crippen LogP contribution is 2.46. The Hall–Kier alpha value is -4.64. The number of nitrogens with one attached hydrogen (secondary N) is 1. The van der Waals surface area contributed by atoms with Gasteiger partial charge in [-0.05, 0) is 79.1 Å². The van der Waals surface area contributed by atoms with Crippen LogP contribution < -0.4 is 11.1 Å². The van der Waals surface area contributed by atoms with Crippen LogP contribution >= 0.6 is 0 Å². The normalized spacial score (nSPS) is 20.1. The highest BCUT2D eigenvalue weighted by Gasteiger charge is 2.39. The fourth-order valence-electron chi connectivity index (χ4n) is 7.38. The van der Waals surface area contributed by atoms with Gasteiger partial charge in [0.1, 0.15) is 0 Å². The second-order valence-electron chi connectivity index (χ2n) is 11.5. The van der Waals surface area contributed by atoms with Crippen LogP contribution in [0.25, 0.3) is 49.5 Å². The Morgan fingerprint density at radius 2 is 1.73 bits per heavy atom. The Morgan fingerprint density at radius 1 is 0.875 bits per heavy atom. The zero-order valence-corrected chi connectivity index (χ0v) is 22.2. The number of aromatic nitrogens is 2. The topological polar surface area (TPSA) is 72.9 Å². The molecule has 196 valence electrons. The minimum Gasteiger partial charge on any atom is -0.381 e. The minimum absolute atomic E-state index is 0.398. The lowest BCUT2D eigenvalue weighted by Crippen LogP contribution is -2.27. The average molecular weight is 523 g/mol. The molecule has 1 amide bonds. The molecule has 8 rings (SSSR count). The van der Waals surface area contributed by atoms with E-state index in [4.69, 9.17) is 10.7 Å². The summed E-state index contributed by atoms with van der Waals surface area (Å²) in [7, 11) is 0. The van der Waals surface area contributed by atoms with Crippen molar-refractivity contribution in [2.75, 3.05) is 5.32 Å². The Bertz CT molecular complexity index is 1950. The molecule has 2 aliphatic rings. The lowest BCUT2D eigenvalue weighted by atomic mass is 9.94. The predicted octanol–water partition coefficient (Wildman–Crippen LogP) is 7.70. The smallest absolute Gasteiger partial charge is 0.250 e. The summed E-state index contributed by atoms with van der Waals surface area (Å²) < 4.78 is 2.30. The van der Waals surface area contributed by atoms with Crippen LogP contribution in [0.15, 0.2) is 97.2 Å². The number of carbonyl (C=O) groups is 1. The van der Waals surface area contributed by atoms with Gasteiger partial charge in [0.05, 0.1) is 22.1 Å². The molecule has 2 aromatic heterocycles. The second-order valence-corrected chi connectivity index (χ2v) is 11.5. The van der Waals surface area contributed by atoms with Crippen molar-refractivity contribution in [3.8, 4) is 16.8 Å². The first-order valence-electron chi connectivity index (χ1n) is 14.2. The summed E-state index contributed by atoms with van der Waals surface area (Å²) >= 11 is 0. The third kappa shape index (κ3) is 3.61. The lowest BCUT2D eigenvalue weighted by molar-refractivity contribution is 0.100. The summed E-state index contributed by atoms with van der Waals surface area (Å²) in [6.45, 7) is 0. The van der Waals surface area contributed by atoms with E-state index >= 15 is 0 Å². The summed E-state index contributed by atoms with van der Waals surface area (Å²) in [4.78, 5) is 17.2. The number of fused-ring (bicyclic) bond motifs is 6. The van der Waals surface area contributed by atoms with Crippen molar-refractivity contribution in [3.63, 3.8) is 0 Å². The number of hydrogen-bond acceptors (Lipinski definition) is 3. The van der Waals surface area contributed by atoms with Crippen molar-refractivity contribution < 1.29 is 4.79 Å². The highest BCUT2D eigenvalue weighted by molar-refractivity contribution is 6.16. The number of amides is 1. The maximum absolute atomic E-state index is 12.4. The molecule has 2 aliphatic carbocycles. The Morgan fingerprint density at radius 3 is 2.58 bits per heavy atom. The van der Waals surface area contributed by atoms with E-state index in [1.165, 1.54) is 36.5 Å². The van der Waals surface area contributed by atoms with Gasteiger partial charge >= 0.3 is 0 Å². The van der Waals surface area contributed by atoms with Crippen LogP contribution in [-0.2, 0) is 0 Å². The number of anilines is 1. The monoisotopic (exact) mass is 522 g/mol. The molecule has 0 aliphatic heterocycles. The molecule has 0 spiro atoms. The van der Waals surface area contributed by atoms with Gasteiger partial charge in [0.25, 0.3) is 5.91 Å². The number of hydrogen-bond donors (Lipinski definition) is 2. The molecule has 2 bridgehead atoms. The van der Waals surface area contributed by atoms with Crippen LogP contribution in [0, 0.1) is 11.8 Å². The van der Waals surface area contributed by atoms with Gasteiger partial charge in [-0.2, -0.15) is 0 Å². The van der Waals surface area contributed by atoms with Crippen molar-refractivity contribution in [2.24, 2.45) is 17.6 Å². The molecule has 2 heterocycles. The number of carbonyl (C=O) groups excluding carboxylic acids is 1. The molecule has 40 heavy (non-hydrogen) atoms. The fourth-order valence-corrected chi connectivity index (χ4v) is 7.38. The first-order chi connectivity index (χ1) is 19.6. The molecule has 0 radical (unpaired) electrons. The summed E-state index contributed by atoms with van der Waals surface area (Å²) in [6, 6.07) is 31.9. The van der Waals surface area contributed by atoms with E-state index < -0.39 is 5.91 Å². The van der Waals surface area contributed by atoms with Crippen LogP contribution in [0.5, 0.6) is 0 Å². The predicted molar refractivity (Wildman–Crippen MR) is 163 cm³/mol. The van der Waals surface area contributed by atoms with Crippen LogP contribution in [0.1, 0.15) is 36.0 Å². The third-order valence-electron chi connectivity index (χ3n) is 9.20. The van der Waals surface area contributed by atoms with Crippen molar-refractivity contribution >= 4 is 44.3 Å². The molecule has 2 fully saturated rings. The van der Waals surface area contributed by atoms with Gasteiger partial charge < -0.3 is 15.6 Å². The van der Waals surface area contributed by atoms with E-state index in [1.54, 1.807) is 0 Å². The number of benzene rings is 4. The van der Waals surface area contributed by atoms with E-state index in [2.05, 4.69) is 76.6 Å². The number of pyridine rings is 1. The average Bonchev–Trinajstić information content (AvgIpc) is 3.70. The quantitative estimate of drug-likeness (QED) is 0.244. The zero-order chi connectivity index (χ0) is 26.8. The van der Waals surface area contributed by atoms with Gasteiger partial charge in [-0.15, -0.1) is 0 Å². The molecule has 5 nitrogen and oxygen atoms in total. The largest absolute Gasteiger partial charge is 0.381 e. The van der Waals surface area contributed by atoms with Gasteiger partial charge in [0.2, 0.25) is 0 Å². The molecule has 2 saturated carbocycles. The third-order valence-corrected chi connectivity index (χ3v) is 9.20. The molecule has 3 unspecified atom stereocenters. The summed E-state index contributed by atoms with van der Waals surface area (Å²) in [6.07, 6.45) is 7.05. The molecule has 3 N–H and O–H groups in total. The van der Waals surface area contributed by atoms with Gasteiger partial charge in [-0.1, -0.05) is 55.0 Å². The zero-order valence-electron chi connectivity index (χ0n) is 22.2. The van der Waals surface area contributed by atoms with E-state index in [-0.39, 0.29) is 0 Å². The second kappa shape index (κ2) is 8.95. The fraction of sp³-hybridized carbons (Fsp3) is 0.200. The molecule has 0 saturated heterocycles. The number of nitrogens with two attached hydrogens (primary N) is 1. The summed E-state index contributed by atoms with van der Waals surface area (Å²) in [5, 5.41) is 7.25. The lowest BCUT2D eigenvalue weighted by Gasteiger charge is -2.25. The number of primary amides is 1. The summed E-state index contributed by atoms with van der Waals surface area (Å²) in [5.41, 5.74) is 13.7. The molecule has 4 aromatic carbocycles. The molecule has 3 atom stereocenters. The maximum atomic E-state index is 12.4. The van der Waals surface area contributed by atoms with E-state index in [9.17, 15) is 4.79 Å². The van der Waals surface area contributed by atoms with Crippen molar-refractivity contribution in [1.29, 1.82) is 0 Å². The van der Waals surface area contributed by atoms with Crippen LogP contribution in [0.4, 0.5) is 5.69 Å². The number of rotatable bonds is 5. The number of para-hydroxylation sites is 2. The van der Waals surface area contributed by atoms with E-state index in [0.717, 1.165) is 50.4 Å². The first kappa shape index (κ1) is 23.3. The Balaban J connectivity index is 1.32. The standard InChI is InChI=1S/C35H30N4O/c36-35(40)27-15-14-25(19-31(27)38-30-17-21-12-13-23(30)16-21)39-32-10-4-2-7-28(32)34-26(8-5-11-33(34)39)24-18-22-6-1-3-9-29(22)37-20-24/h1-11,14-15,18-21,23,30,38H,12-13,16-17H2,(H2,36,40). The molecule has 5 heteroatoms. The van der Waals surface area contributed by atoms with Gasteiger partial charge in [-0.25, -0.2) is 0 Å². The van der Waals surface area contributed by atoms with Crippen LogP contribution in [0.3, 0.4) is 0 Å². The maximum Gasteiger partial charge on any atom is 0.250 e. The van der Waals surface area contributed by atoms with Gasteiger partial charge in [0.15, 0.2) is 0 Å². The van der Waals surface area contributed by atoms with E-state index in [1.807, 2.05) is 30.5 Å². The van der Waals surface area contributed by atoms with E-state index in [0.29, 0.717) is 17.5 Å². The van der Waals surface area contributed by atoms with Gasteiger partial charge in [0, 0.05) is 45.3 Å². The summed E-state index contributed by atoms with van der Waals surface area (Å²) in [5.74, 6) is 1.09. The minimum atomic E-state index is -0.398. The van der Waals surface area contributed by atoms with Gasteiger partial charge in [-0.3, -0.25) is 9.78 Å². The Labute approximate surface area is 232 Å². The Kier molecular flexibility index (Phi) is 5.21. The molecular formula is C35H30N4O. The molecule has 6 aromatic rings. The highest BCUT2D eigenvalue weighted by atomic mass is 16.1. The van der Waals surface area contributed by atoms with Crippen LogP contribution in [-0.4, -0.2) is 21.5 Å². The SMILES string of the molecule is NC(=O)c1ccc(-n2c3ccccc3c3c(-c4cnc5ccccc5c4)cccc32)cc1NC1CC2CCC1C2. The number of nitrogens with zero attached hydrogens (tertiary/aromatic N) is 2. The van der Waals surface area contributed by atoms with Crippen molar-refractivity contribution in [2.45, 2.75) is 31.7 Å².